The maximum absolute atomic E-state index is 4.34. The lowest BCUT2D eigenvalue weighted by atomic mass is 10.2. The third-order valence-corrected chi connectivity index (χ3v) is 4.04. The zero-order valence-corrected chi connectivity index (χ0v) is 13.0. The average Bonchev–Trinajstić information content (AvgIpc) is 2.92. The summed E-state index contributed by atoms with van der Waals surface area (Å²) in [6.07, 6.45) is 2.61. The third kappa shape index (κ3) is 3.90. The summed E-state index contributed by atoms with van der Waals surface area (Å²) in [6.45, 7) is 9.51. The van der Waals surface area contributed by atoms with Gasteiger partial charge in [0.15, 0.2) is 5.82 Å². The van der Waals surface area contributed by atoms with Crippen LogP contribution in [-0.2, 0) is 6.54 Å². The van der Waals surface area contributed by atoms with Gasteiger partial charge < -0.3 is 10.2 Å². The molecule has 2 heterocycles. The molecule has 1 aromatic heterocycles. The van der Waals surface area contributed by atoms with Gasteiger partial charge in [-0.1, -0.05) is 13.8 Å². The van der Waals surface area contributed by atoms with Crippen LogP contribution in [0.1, 0.15) is 32.4 Å². The maximum Gasteiger partial charge on any atom is 0.151 e. The van der Waals surface area contributed by atoms with Crippen LogP contribution in [0.5, 0.6) is 0 Å². The van der Waals surface area contributed by atoms with E-state index in [-0.39, 0.29) is 0 Å². The Balaban J connectivity index is 1.90. The molecule has 1 fully saturated rings. The number of hydrogen-bond acceptors (Lipinski definition) is 5. The van der Waals surface area contributed by atoms with Crippen molar-refractivity contribution in [3.8, 4) is 0 Å². The van der Waals surface area contributed by atoms with Crippen LogP contribution < -0.4 is 10.2 Å². The van der Waals surface area contributed by atoms with E-state index in [4.69, 9.17) is 0 Å². The molecule has 0 bridgehead atoms. The normalized spacial score (nSPS) is 19.4. The highest BCUT2D eigenvalue weighted by Crippen LogP contribution is 2.19. The topological polar surface area (TPSA) is 44.3 Å². The van der Waals surface area contributed by atoms with Gasteiger partial charge in [0.05, 0.1) is 5.69 Å². The summed E-state index contributed by atoms with van der Waals surface area (Å²) in [7, 11) is 2.11. The minimum absolute atomic E-state index is 0.660. The number of aromatic nitrogens is 2. The van der Waals surface area contributed by atoms with Crippen molar-refractivity contribution in [2.75, 3.05) is 38.1 Å². The lowest BCUT2D eigenvalue weighted by Crippen LogP contribution is -2.39. The van der Waals surface area contributed by atoms with E-state index in [9.17, 15) is 0 Å². The zero-order valence-electron chi connectivity index (χ0n) is 13.0. The van der Waals surface area contributed by atoms with E-state index in [0.29, 0.717) is 6.04 Å². The molecule has 2 rings (SSSR count). The Morgan fingerprint density at radius 1 is 1.35 bits per heavy atom. The monoisotopic (exact) mass is 277 g/mol. The molecule has 0 saturated carbocycles. The van der Waals surface area contributed by atoms with Crippen molar-refractivity contribution in [3.63, 3.8) is 0 Å². The molecule has 1 N–H and O–H groups in total. The molecular weight excluding hydrogens is 250 g/mol. The summed E-state index contributed by atoms with van der Waals surface area (Å²) in [4.78, 5) is 4.78. The smallest absolute Gasteiger partial charge is 0.151 e. The highest BCUT2D eigenvalue weighted by atomic mass is 15.3. The van der Waals surface area contributed by atoms with Gasteiger partial charge >= 0.3 is 0 Å². The van der Waals surface area contributed by atoms with Gasteiger partial charge in [0, 0.05) is 26.2 Å². The lowest BCUT2D eigenvalue weighted by Gasteiger charge is -2.28. The quantitative estimate of drug-likeness (QED) is 0.818. The fourth-order valence-electron chi connectivity index (χ4n) is 2.83. The SMILES string of the molecule is CCNCc1ccc(N(C)CC2CCCN2CC)nn1. The van der Waals surface area contributed by atoms with Gasteiger partial charge in [-0.25, -0.2) is 0 Å². The third-order valence-electron chi connectivity index (χ3n) is 4.04. The molecule has 1 aliphatic rings. The number of nitrogens with one attached hydrogen (secondary N) is 1. The van der Waals surface area contributed by atoms with E-state index in [1.807, 2.05) is 0 Å². The van der Waals surface area contributed by atoms with E-state index >= 15 is 0 Å². The molecule has 1 aromatic rings. The molecule has 20 heavy (non-hydrogen) atoms. The van der Waals surface area contributed by atoms with Gasteiger partial charge in [0.25, 0.3) is 0 Å². The molecule has 0 aliphatic carbocycles. The second kappa shape index (κ2) is 7.55. The largest absolute Gasteiger partial charge is 0.357 e. The molecule has 0 radical (unpaired) electrons. The molecule has 0 aromatic carbocycles. The van der Waals surface area contributed by atoms with E-state index in [2.05, 4.69) is 58.3 Å². The Kier molecular flexibility index (Phi) is 5.73. The molecule has 5 heteroatoms. The first-order valence-electron chi connectivity index (χ1n) is 7.73. The summed E-state index contributed by atoms with van der Waals surface area (Å²) in [5.41, 5.74) is 1.00. The van der Waals surface area contributed by atoms with Crippen LogP contribution in [0, 0.1) is 0 Å². The second-order valence-corrected chi connectivity index (χ2v) is 5.47. The predicted octanol–water partition coefficient (Wildman–Crippen LogP) is 1.51. The number of likely N-dealkylation sites (tertiary alicyclic amines) is 1. The molecule has 112 valence electrons. The van der Waals surface area contributed by atoms with E-state index < -0.39 is 0 Å². The number of anilines is 1. The molecule has 5 nitrogen and oxygen atoms in total. The Bertz CT molecular complexity index is 392. The van der Waals surface area contributed by atoms with Crippen molar-refractivity contribution in [2.24, 2.45) is 0 Å². The fourth-order valence-corrected chi connectivity index (χ4v) is 2.83. The fraction of sp³-hybridized carbons (Fsp3) is 0.733. The van der Waals surface area contributed by atoms with Crippen LogP contribution in [0.15, 0.2) is 12.1 Å². The minimum Gasteiger partial charge on any atom is -0.357 e. The van der Waals surface area contributed by atoms with Crippen molar-refractivity contribution >= 4 is 5.82 Å². The Morgan fingerprint density at radius 3 is 2.85 bits per heavy atom. The van der Waals surface area contributed by atoms with Crippen LogP contribution in [0.2, 0.25) is 0 Å². The standard InChI is InChI=1S/C15H27N5/c1-4-16-11-13-8-9-15(18-17-13)19(3)12-14-7-6-10-20(14)5-2/h8-9,14,16H,4-7,10-12H2,1-3H3. The van der Waals surface area contributed by atoms with Gasteiger partial charge in [-0.05, 0) is 44.6 Å². The van der Waals surface area contributed by atoms with Crippen LogP contribution in [0.3, 0.4) is 0 Å². The highest BCUT2D eigenvalue weighted by Gasteiger charge is 2.24. The molecular formula is C15H27N5. The Labute approximate surface area is 122 Å². The van der Waals surface area contributed by atoms with Crippen molar-refractivity contribution in [3.05, 3.63) is 17.8 Å². The van der Waals surface area contributed by atoms with Crippen molar-refractivity contribution < 1.29 is 0 Å². The first kappa shape index (κ1) is 15.2. The van der Waals surface area contributed by atoms with Crippen molar-refractivity contribution in [1.82, 2.24) is 20.4 Å². The van der Waals surface area contributed by atoms with E-state index in [0.717, 1.165) is 37.7 Å². The summed E-state index contributed by atoms with van der Waals surface area (Å²) < 4.78 is 0. The molecule has 1 atom stereocenters. The van der Waals surface area contributed by atoms with Gasteiger partial charge in [-0.3, -0.25) is 4.90 Å². The number of hydrogen-bond donors (Lipinski definition) is 1. The van der Waals surface area contributed by atoms with Crippen LogP contribution in [0.4, 0.5) is 5.82 Å². The van der Waals surface area contributed by atoms with E-state index in [1.54, 1.807) is 0 Å². The summed E-state index contributed by atoms with van der Waals surface area (Å²) in [5, 5.41) is 11.9. The minimum atomic E-state index is 0.660. The summed E-state index contributed by atoms with van der Waals surface area (Å²) >= 11 is 0. The second-order valence-electron chi connectivity index (χ2n) is 5.47. The van der Waals surface area contributed by atoms with Crippen molar-refractivity contribution in [2.45, 2.75) is 39.3 Å². The molecule has 1 saturated heterocycles. The first-order chi connectivity index (χ1) is 9.74. The zero-order chi connectivity index (χ0) is 14.4. The van der Waals surface area contributed by atoms with Gasteiger partial charge in [-0.2, -0.15) is 5.10 Å². The van der Waals surface area contributed by atoms with E-state index in [1.165, 1.54) is 19.4 Å². The van der Waals surface area contributed by atoms with Crippen LogP contribution >= 0.6 is 0 Å². The number of nitrogens with zero attached hydrogens (tertiary/aromatic N) is 4. The Morgan fingerprint density at radius 2 is 2.20 bits per heavy atom. The molecule has 1 aliphatic heterocycles. The summed E-state index contributed by atoms with van der Waals surface area (Å²) in [5.74, 6) is 0.966. The molecule has 1 unspecified atom stereocenters. The summed E-state index contributed by atoms with van der Waals surface area (Å²) in [6, 6.07) is 4.80. The maximum atomic E-state index is 4.34. The molecule has 0 spiro atoms. The van der Waals surface area contributed by atoms with Gasteiger partial charge in [0.2, 0.25) is 0 Å². The van der Waals surface area contributed by atoms with Gasteiger partial charge in [0.1, 0.15) is 0 Å². The predicted molar refractivity (Wildman–Crippen MR) is 83.0 cm³/mol. The van der Waals surface area contributed by atoms with Gasteiger partial charge in [-0.15, -0.1) is 5.10 Å². The highest BCUT2D eigenvalue weighted by molar-refractivity contribution is 5.36. The number of likely N-dealkylation sites (N-methyl/N-ethyl adjacent to an activating group) is 2. The van der Waals surface area contributed by atoms with Crippen LogP contribution in [0.25, 0.3) is 0 Å². The van der Waals surface area contributed by atoms with Crippen molar-refractivity contribution in [1.29, 1.82) is 0 Å². The van der Waals surface area contributed by atoms with Crippen LogP contribution in [-0.4, -0.2) is 54.4 Å². The first-order valence-corrected chi connectivity index (χ1v) is 7.73. The lowest BCUT2D eigenvalue weighted by molar-refractivity contribution is 0.270. The number of rotatable bonds is 7. The average molecular weight is 277 g/mol. The Hall–Kier alpha value is -1.20. The molecule has 0 amide bonds.